The van der Waals surface area contributed by atoms with Gasteiger partial charge < -0.3 is 15.1 Å². The van der Waals surface area contributed by atoms with Crippen LogP contribution >= 0.6 is 0 Å². The number of likely N-dealkylation sites (tertiary alicyclic amines) is 1. The lowest BCUT2D eigenvalue weighted by Crippen LogP contribution is -2.36. The molecule has 1 aliphatic heterocycles. The van der Waals surface area contributed by atoms with Crippen molar-refractivity contribution in [1.82, 2.24) is 15.2 Å². The van der Waals surface area contributed by atoms with Gasteiger partial charge in [0, 0.05) is 24.0 Å². The third-order valence-electron chi connectivity index (χ3n) is 5.55. The Hall–Kier alpha value is -3.45. The average molecular weight is 418 g/mol. The van der Waals surface area contributed by atoms with E-state index in [0.29, 0.717) is 23.5 Å². The monoisotopic (exact) mass is 418 g/mol. The van der Waals surface area contributed by atoms with Crippen LogP contribution in [0.3, 0.4) is 0 Å². The summed E-state index contributed by atoms with van der Waals surface area (Å²) in [6, 6.07) is 14.3. The summed E-state index contributed by atoms with van der Waals surface area (Å²) in [5.41, 5.74) is 2.27. The van der Waals surface area contributed by atoms with E-state index in [2.05, 4.69) is 20.5 Å². The number of rotatable bonds is 7. The highest BCUT2D eigenvalue weighted by atomic mass is 16.3. The quantitative estimate of drug-likeness (QED) is 0.609. The summed E-state index contributed by atoms with van der Waals surface area (Å²) < 4.78 is 5.62. The molecule has 0 aliphatic carbocycles. The zero-order valence-electron chi connectivity index (χ0n) is 17.5. The van der Waals surface area contributed by atoms with Crippen LogP contribution in [0.25, 0.3) is 0 Å². The van der Waals surface area contributed by atoms with E-state index in [9.17, 15) is 9.59 Å². The van der Waals surface area contributed by atoms with Gasteiger partial charge in [-0.1, -0.05) is 12.1 Å². The second-order valence-electron chi connectivity index (χ2n) is 7.68. The van der Waals surface area contributed by atoms with Crippen molar-refractivity contribution in [3.05, 3.63) is 83.6 Å². The molecule has 31 heavy (non-hydrogen) atoms. The Morgan fingerprint density at radius 1 is 1.10 bits per heavy atom. The molecule has 1 aromatic carbocycles. The zero-order chi connectivity index (χ0) is 21.6. The van der Waals surface area contributed by atoms with E-state index in [0.717, 1.165) is 37.3 Å². The maximum absolute atomic E-state index is 12.9. The lowest BCUT2D eigenvalue weighted by atomic mass is 10.1. The van der Waals surface area contributed by atoms with Crippen LogP contribution in [0, 0.1) is 6.92 Å². The number of hydrogen-bond donors (Lipinski definition) is 2. The van der Waals surface area contributed by atoms with E-state index in [1.807, 2.05) is 25.1 Å². The van der Waals surface area contributed by atoms with Crippen molar-refractivity contribution in [3.8, 4) is 0 Å². The lowest BCUT2D eigenvalue weighted by Gasteiger charge is -2.26. The molecule has 0 spiro atoms. The zero-order valence-corrected chi connectivity index (χ0v) is 17.5. The second-order valence-corrected chi connectivity index (χ2v) is 7.68. The average Bonchev–Trinajstić information content (AvgIpc) is 3.51. The topological polar surface area (TPSA) is 87.5 Å². The van der Waals surface area contributed by atoms with Gasteiger partial charge in [0.05, 0.1) is 12.3 Å². The number of carbonyl (C=O) groups excluding carboxylic acids is 2. The van der Waals surface area contributed by atoms with Crippen molar-refractivity contribution in [3.63, 3.8) is 0 Å². The molecule has 7 nitrogen and oxygen atoms in total. The standard InChI is InChI=1S/C24H26N4O3/c1-17-9-10-18(15-20(17)27-24(30)19-7-2-3-11-25-19)23(29)26-16-21(22-8-6-14-31-22)28-12-4-5-13-28/h2-3,6-11,14-15,21H,4-5,12-13,16H2,1H3,(H,26,29)(H,27,30). The van der Waals surface area contributed by atoms with Crippen molar-refractivity contribution in [2.75, 3.05) is 25.0 Å². The number of anilines is 1. The molecule has 2 N–H and O–H groups in total. The normalized spacial score (nSPS) is 14.9. The van der Waals surface area contributed by atoms with Gasteiger partial charge >= 0.3 is 0 Å². The van der Waals surface area contributed by atoms with Crippen molar-refractivity contribution in [2.45, 2.75) is 25.8 Å². The molecule has 4 rings (SSSR count). The summed E-state index contributed by atoms with van der Waals surface area (Å²) in [4.78, 5) is 31.7. The molecule has 3 heterocycles. The van der Waals surface area contributed by atoms with E-state index < -0.39 is 0 Å². The highest BCUT2D eigenvalue weighted by Crippen LogP contribution is 2.25. The molecule has 1 aliphatic rings. The molecule has 1 saturated heterocycles. The van der Waals surface area contributed by atoms with E-state index >= 15 is 0 Å². The van der Waals surface area contributed by atoms with Gasteiger partial charge in [-0.25, -0.2) is 0 Å². The van der Waals surface area contributed by atoms with E-state index in [1.165, 1.54) is 0 Å². The molecular weight excluding hydrogens is 392 g/mol. The second kappa shape index (κ2) is 9.57. The highest BCUT2D eigenvalue weighted by molar-refractivity contribution is 6.04. The predicted molar refractivity (Wildman–Crippen MR) is 118 cm³/mol. The third kappa shape index (κ3) is 5.00. The summed E-state index contributed by atoms with van der Waals surface area (Å²) in [7, 11) is 0. The number of aromatic nitrogens is 1. The maximum Gasteiger partial charge on any atom is 0.274 e. The summed E-state index contributed by atoms with van der Waals surface area (Å²) in [6.07, 6.45) is 5.54. The first-order chi connectivity index (χ1) is 15.1. The first-order valence-corrected chi connectivity index (χ1v) is 10.5. The summed E-state index contributed by atoms with van der Waals surface area (Å²) in [5, 5.41) is 5.88. The molecule has 1 atom stereocenters. The SMILES string of the molecule is Cc1ccc(C(=O)NCC(c2ccco2)N2CCCC2)cc1NC(=O)c1ccccn1. The molecule has 0 bridgehead atoms. The molecule has 160 valence electrons. The fourth-order valence-electron chi connectivity index (χ4n) is 3.82. The Bertz CT molecular complexity index is 1030. The molecule has 0 radical (unpaired) electrons. The minimum Gasteiger partial charge on any atom is -0.468 e. The highest BCUT2D eigenvalue weighted by Gasteiger charge is 2.26. The van der Waals surface area contributed by atoms with Crippen molar-refractivity contribution < 1.29 is 14.0 Å². The molecule has 3 aromatic rings. The van der Waals surface area contributed by atoms with E-state index in [-0.39, 0.29) is 17.9 Å². The van der Waals surface area contributed by atoms with E-state index in [1.54, 1.807) is 42.8 Å². The van der Waals surface area contributed by atoms with Crippen LogP contribution in [0.5, 0.6) is 0 Å². The molecule has 2 amide bonds. The Balaban J connectivity index is 1.44. The third-order valence-corrected chi connectivity index (χ3v) is 5.55. The summed E-state index contributed by atoms with van der Waals surface area (Å²) >= 11 is 0. The molecule has 2 aromatic heterocycles. The fourth-order valence-corrected chi connectivity index (χ4v) is 3.82. The molecular formula is C24H26N4O3. The number of pyridine rings is 1. The van der Waals surface area contributed by atoms with Gasteiger partial charge in [-0.05, 0) is 74.8 Å². The van der Waals surface area contributed by atoms with Gasteiger partial charge in [0.25, 0.3) is 11.8 Å². The van der Waals surface area contributed by atoms with Gasteiger partial charge in [0.15, 0.2) is 0 Å². The number of hydrogen-bond acceptors (Lipinski definition) is 5. The Labute approximate surface area is 181 Å². The number of furan rings is 1. The molecule has 7 heteroatoms. The van der Waals surface area contributed by atoms with Crippen LogP contribution < -0.4 is 10.6 Å². The first-order valence-electron chi connectivity index (χ1n) is 10.5. The number of carbonyl (C=O) groups is 2. The smallest absolute Gasteiger partial charge is 0.274 e. The molecule has 0 saturated carbocycles. The Kier molecular flexibility index (Phi) is 6.43. The predicted octanol–water partition coefficient (Wildman–Crippen LogP) is 3.80. The van der Waals surface area contributed by atoms with E-state index in [4.69, 9.17) is 4.42 Å². The van der Waals surface area contributed by atoms with Gasteiger partial charge in [0.1, 0.15) is 11.5 Å². The lowest BCUT2D eigenvalue weighted by molar-refractivity contribution is 0.0932. The van der Waals surface area contributed by atoms with Crippen LogP contribution in [0.2, 0.25) is 0 Å². The van der Waals surface area contributed by atoms with Crippen LogP contribution in [0.4, 0.5) is 5.69 Å². The number of benzene rings is 1. The Morgan fingerprint density at radius 2 is 1.94 bits per heavy atom. The van der Waals surface area contributed by atoms with Crippen LogP contribution in [0.1, 0.15) is 51.1 Å². The van der Waals surface area contributed by atoms with Crippen LogP contribution in [0.15, 0.2) is 65.4 Å². The fraction of sp³-hybridized carbons (Fsp3) is 0.292. The van der Waals surface area contributed by atoms with Gasteiger partial charge in [0.2, 0.25) is 0 Å². The van der Waals surface area contributed by atoms with Crippen LogP contribution in [-0.2, 0) is 0 Å². The van der Waals surface area contributed by atoms with Crippen molar-refractivity contribution in [1.29, 1.82) is 0 Å². The minimum atomic E-state index is -0.312. The number of aryl methyl sites for hydroxylation is 1. The number of nitrogens with one attached hydrogen (secondary N) is 2. The summed E-state index contributed by atoms with van der Waals surface area (Å²) in [6.45, 7) is 4.33. The maximum atomic E-state index is 12.9. The van der Waals surface area contributed by atoms with Gasteiger partial charge in [-0.2, -0.15) is 0 Å². The largest absolute Gasteiger partial charge is 0.468 e. The Morgan fingerprint density at radius 3 is 2.65 bits per heavy atom. The van der Waals surface area contributed by atoms with Gasteiger partial charge in [-0.3, -0.25) is 19.5 Å². The van der Waals surface area contributed by atoms with Crippen molar-refractivity contribution in [2.24, 2.45) is 0 Å². The number of amides is 2. The summed E-state index contributed by atoms with van der Waals surface area (Å²) in [5.74, 6) is 0.353. The van der Waals surface area contributed by atoms with Gasteiger partial charge in [-0.15, -0.1) is 0 Å². The minimum absolute atomic E-state index is 0.00947. The first kappa shape index (κ1) is 20.8. The molecule has 1 unspecified atom stereocenters. The molecule has 1 fully saturated rings. The number of nitrogens with zero attached hydrogens (tertiary/aromatic N) is 2. The van der Waals surface area contributed by atoms with Crippen LogP contribution in [-0.4, -0.2) is 41.3 Å². The van der Waals surface area contributed by atoms with Crippen molar-refractivity contribution >= 4 is 17.5 Å².